The molecule has 3 aromatic rings. The molecule has 6 heteroatoms. The first-order chi connectivity index (χ1) is 17.3. The molecule has 182 valence electrons. The minimum absolute atomic E-state index is 0.0149. The number of aromatic nitrogens is 2. The number of hydrogen-bond acceptors (Lipinski definition) is 4. The minimum Gasteiger partial charge on any atom is -0.274 e. The monoisotopic (exact) mass is 478 g/mol. The van der Waals surface area contributed by atoms with Gasteiger partial charge in [-0.3, -0.25) is 14.5 Å². The van der Waals surface area contributed by atoms with Crippen molar-refractivity contribution in [1.29, 1.82) is 5.26 Å². The topological polar surface area (TPSA) is 79.0 Å². The Hall–Kier alpha value is -4.24. The normalized spacial score (nSPS) is 15.1. The first-order valence-corrected chi connectivity index (χ1v) is 12.3. The Labute approximate surface area is 212 Å². The van der Waals surface area contributed by atoms with Crippen LogP contribution < -0.4 is 0 Å². The zero-order chi connectivity index (χ0) is 25.8. The van der Waals surface area contributed by atoms with E-state index in [-0.39, 0.29) is 11.5 Å². The summed E-state index contributed by atoms with van der Waals surface area (Å²) >= 11 is 0. The van der Waals surface area contributed by atoms with Gasteiger partial charge in [0.2, 0.25) is 0 Å². The van der Waals surface area contributed by atoms with Crippen molar-refractivity contribution in [2.75, 3.05) is 6.54 Å². The van der Waals surface area contributed by atoms with Crippen LogP contribution in [0.25, 0.3) is 23.0 Å². The first-order valence-electron chi connectivity index (χ1n) is 12.3. The van der Waals surface area contributed by atoms with E-state index in [0.717, 1.165) is 46.5 Å². The second-order valence-corrected chi connectivity index (χ2v) is 9.17. The molecule has 0 saturated carbocycles. The number of carbonyl (C=O) groups excluding carboxylic acids is 2. The second kappa shape index (κ2) is 10.6. The lowest BCUT2D eigenvalue weighted by atomic mass is 9.92. The highest BCUT2D eigenvalue weighted by atomic mass is 16.2. The summed E-state index contributed by atoms with van der Waals surface area (Å²) in [7, 11) is 0. The lowest BCUT2D eigenvalue weighted by Gasteiger charge is -2.27. The van der Waals surface area contributed by atoms with Crippen molar-refractivity contribution in [2.45, 2.75) is 47.0 Å². The molecule has 0 spiro atoms. The molecule has 0 fully saturated rings. The first kappa shape index (κ1) is 24.9. The van der Waals surface area contributed by atoms with Crippen LogP contribution in [0.4, 0.5) is 0 Å². The number of rotatable bonds is 7. The molecule has 2 aromatic carbocycles. The van der Waals surface area contributed by atoms with Crippen molar-refractivity contribution in [3.63, 3.8) is 0 Å². The molecule has 6 nitrogen and oxygen atoms in total. The zero-order valence-corrected chi connectivity index (χ0v) is 21.2. The van der Waals surface area contributed by atoms with Crippen molar-refractivity contribution in [1.82, 2.24) is 14.7 Å². The Morgan fingerprint density at radius 3 is 2.44 bits per heavy atom. The van der Waals surface area contributed by atoms with E-state index >= 15 is 0 Å². The van der Waals surface area contributed by atoms with Gasteiger partial charge in [-0.25, -0.2) is 4.68 Å². The van der Waals surface area contributed by atoms with E-state index < -0.39 is 5.91 Å². The number of imide groups is 1. The fraction of sp³-hybridized carbons (Fsp3) is 0.267. The molecule has 2 amide bonds. The number of nitriles is 1. The Morgan fingerprint density at radius 1 is 1.00 bits per heavy atom. The molecule has 0 N–H and O–H groups in total. The van der Waals surface area contributed by atoms with Crippen LogP contribution >= 0.6 is 0 Å². The van der Waals surface area contributed by atoms with Gasteiger partial charge in [0.05, 0.1) is 5.69 Å². The van der Waals surface area contributed by atoms with Gasteiger partial charge < -0.3 is 0 Å². The third-order valence-electron chi connectivity index (χ3n) is 6.52. The van der Waals surface area contributed by atoms with E-state index in [1.165, 1.54) is 4.90 Å². The summed E-state index contributed by atoms with van der Waals surface area (Å²) in [5, 5.41) is 14.6. The molecule has 0 bridgehead atoms. The Morgan fingerprint density at radius 2 is 1.75 bits per heavy atom. The predicted octanol–water partition coefficient (Wildman–Crippen LogP) is 5.94. The largest absolute Gasteiger partial charge is 0.274 e. The van der Waals surface area contributed by atoms with Gasteiger partial charge in [0.25, 0.3) is 11.8 Å². The molecule has 1 aliphatic rings. The molecular weight excluding hydrogens is 448 g/mol. The van der Waals surface area contributed by atoms with Gasteiger partial charge >= 0.3 is 0 Å². The Bertz CT molecular complexity index is 1420. The van der Waals surface area contributed by atoms with Crippen LogP contribution in [0.1, 0.15) is 49.8 Å². The van der Waals surface area contributed by atoms with E-state index in [0.29, 0.717) is 24.1 Å². The number of amides is 2. The second-order valence-electron chi connectivity index (χ2n) is 9.17. The van der Waals surface area contributed by atoms with Gasteiger partial charge in [0, 0.05) is 29.4 Å². The van der Waals surface area contributed by atoms with Gasteiger partial charge in [-0.05, 0) is 62.6 Å². The highest BCUT2D eigenvalue weighted by Crippen LogP contribution is 2.32. The fourth-order valence-corrected chi connectivity index (χ4v) is 4.41. The lowest BCUT2D eigenvalue weighted by Crippen LogP contribution is -2.43. The van der Waals surface area contributed by atoms with E-state index in [1.807, 2.05) is 56.4 Å². The highest BCUT2D eigenvalue weighted by Gasteiger charge is 2.35. The predicted molar refractivity (Wildman–Crippen MR) is 141 cm³/mol. The van der Waals surface area contributed by atoms with E-state index in [9.17, 15) is 14.9 Å². The molecule has 0 radical (unpaired) electrons. The van der Waals surface area contributed by atoms with Gasteiger partial charge in [-0.1, -0.05) is 55.7 Å². The van der Waals surface area contributed by atoms with E-state index in [1.54, 1.807) is 17.7 Å². The number of benzene rings is 2. The number of nitrogens with zero attached hydrogens (tertiary/aromatic N) is 4. The summed E-state index contributed by atoms with van der Waals surface area (Å²) in [5.74, 6) is -0.880. The summed E-state index contributed by atoms with van der Waals surface area (Å²) < 4.78 is 1.80. The van der Waals surface area contributed by atoms with Gasteiger partial charge in [-0.15, -0.1) is 0 Å². The van der Waals surface area contributed by atoms with Crippen molar-refractivity contribution in [3.8, 4) is 23.0 Å². The maximum Gasteiger partial charge on any atom is 0.271 e. The molecule has 4 rings (SSSR count). The quantitative estimate of drug-likeness (QED) is 0.239. The standard InChI is InChI=1S/C30H30N4O2/c1-5-6-10-15-33-29(35)26(22(4)27(18-31)30(33)36)17-23-19-34(24-11-8-7-9-12-24)32-28(23)25-16-20(2)13-14-21(25)3/h7-9,11-14,16-17,19H,5-6,10,15H2,1-4H3/b26-17+. The molecule has 0 saturated heterocycles. The average molecular weight is 479 g/mol. The van der Waals surface area contributed by atoms with Crippen LogP contribution in [0, 0.1) is 25.2 Å². The summed E-state index contributed by atoms with van der Waals surface area (Å²) in [5.41, 5.74) is 6.28. The Balaban J connectivity index is 1.90. The van der Waals surface area contributed by atoms with Gasteiger partial charge in [0.1, 0.15) is 17.3 Å². The van der Waals surface area contributed by atoms with Crippen LogP contribution in [0.5, 0.6) is 0 Å². The van der Waals surface area contributed by atoms with Crippen molar-refractivity contribution >= 4 is 17.9 Å². The highest BCUT2D eigenvalue weighted by molar-refractivity contribution is 6.19. The van der Waals surface area contributed by atoms with Crippen LogP contribution in [-0.4, -0.2) is 33.0 Å². The van der Waals surface area contributed by atoms with Crippen LogP contribution in [-0.2, 0) is 9.59 Å². The molecule has 36 heavy (non-hydrogen) atoms. The summed E-state index contributed by atoms with van der Waals surface area (Å²) in [6.07, 6.45) is 6.25. The number of aryl methyl sites for hydroxylation is 2. The van der Waals surface area contributed by atoms with Crippen LogP contribution in [0.2, 0.25) is 0 Å². The Kier molecular flexibility index (Phi) is 7.30. The summed E-state index contributed by atoms with van der Waals surface area (Å²) in [6, 6.07) is 18.0. The average Bonchev–Trinajstić information content (AvgIpc) is 3.30. The third-order valence-corrected chi connectivity index (χ3v) is 6.52. The maximum absolute atomic E-state index is 13.5. The SMILES string of the molecule is CCCCCN1C(=O)C(C#N)=C(C)/C(=C\c2cn(-c3ccccc3)nc2-c2cc(C)ccc2C)C1=O. The molecule has 1 aliphatic heterocycles. The van der Waals surface area contributed by atoms with Crippen molar-refractivity contribution in [3.05, 3.63) is 88.1 Å². The minimum atomic E-state index is -0.511. The van der Waals surface area contributed by atoms with Gasteiger partial charge in [0.15, 0.2) is 0 Å². The van der Waals surface area contributed by atoms with Crippen LogP contribution in [0.3, 0.4) is 0 Å². The molecule has 0 aliphatic carbocycles. The smallest absolute Gasteiger partial charge is 0.271 e. The molecule has 0 unspecified atom stereocenters. The molecule has 2 heterocycles. The number of unbranched alkanes of at least 4 members (excludes halogenated alkanes) is 2. The van der Waals surface area contributed by atoms with E-state index in [4.69, 9.17) is 5.10 Å². The molecular formula is C30H30N4O2. The van der Waals surface area contributed by atoms with Crippen LogP contribution in [0.15, 0.2) is 71.4 Å². The third kappa shape index (κ3) is 4.78. The fourth-order valence-electron chi connectivity index (χ4n) is 4.41. The lowest BCUT2D eigenvalue weighted by molar-refractivity contribution is -0.140. The maximum atomic E-state index is 13.5. The zero-order valence-electron chi connectivity index (χ0n) is 21.2. The number of carbonyl (C=O) groups is 2. The van der Waals surface area contributed by atoms with Crippen molar-refractivity contribution < 1.29 is 9.59 Å². The van der Waals surface area contributed by atoms with E-state index in [2.05, 4.69) is 25.1 Å². The number of para-hydroxylation sites is 1. The summed E-state index contributed by atoms with van der Waals surface area (Å²) in [6.45, 7) is 8.10. The molecule has 0 atom stereocenters. The number of hydrogen-bond donors (Lipinski definition) is 0. The van der Waals surface area contributed by atoms with Gasteiger partial charge in [-0.2, -0.15) is 10.4 Å². The molecule has 1 aromatic heterocycles. The van der Waals surface area contributed by atoms with Crippen molar-refractivity contribution in [2.24, 2.45) is 0 Å². The summed E-state index contributed by atoms with van der Waals surface area (Å²) in [4.78, 5) is 27.6.